The molecule has 0 saturated heterocycles. The highest BCUT2D eigenvalue weighted by atomic mass is 16.4. The molecule has 2 N–H and O–H groups in total. The zero-order valence-corrected chi connectivity index (χ0v) is 7.83. The normalized spacial score (nSPS) is 10.1. The van der Waals surface area contributed by atoms with Crippen molar-refractivity contribution in [3.05, 3.63) is 32.1 Å². The highest BCUT2D eigenvalue weighted by Gasteiger charge is 2.09. The van der Waals surface area contributed by atoms with Crippen LogP contribution in [0.4, 0.5) is 0 Å². The second-order valence-corrected chi connectivity index (χ2v) is 2.95. The van der Waals surface area contributed by atoms with Gasteiger partial charge in [-0.25, -0.2) is 4.79 Å². The highest BCUT2D eigenvalue weighted by Crippen LogP contribution is 1.96. The van der Waals surface area contributed by atoms with Gasteiger partial charge in [-0.15, -0.1) is 0 Å². The first-order valence-electron chi connectivity index (χ1n) is 3.95. The summed E-state index contributed by atoms with van der Waals surface area (Å²) in [6, 6.07) is 0. The molecule has 0 amide bonds. The molecular formula is C8H10N2O4. The Hall–Kier alpha value is -1.85. The Morgan fingerprint density at radius 1 is 1.43 bits per heavy atom. The lowest BCUT2D eigenvalue weighted by atomic mass is 10.2. The number of carbonyl (C=O) groups is 1. The van der Waals surface area contributed by atoms with Crippen molar-refractivity contribution >= 4 is 5.97 Å². The Labute approximate surface area is 78.8 Å². The van der Waals surface area contributed by atoms with E-state index < -0.39 is 23.8 Å². The van der Waals surface area contributed by atoms with E-state index in [9.17, 15) is 14.4 Å². The Kier molecular flexibility index (Phi) is 2.55. The molecule has 0 aliphatic carbocycles. The van der Waals surface area contributed by atoms with Gasteiger partial charge in [0.05, 0.1) is 0 Å². The van der Waals surface area contributed by atoms with Crippen LogP contribution in [-0.4, -0.2) is 20.6 Å². The molecule has 76 valence electrons. The fourth-order valence-electron chi connectivity index (χ4n) is 1.10. The van der Waals surface area contributed by atoms with Crippen molar-refractivity contribution in [3.8, 4) is 0 Å². The van der Waals surface area contributed by atoms with E-state index >= 15 is 0 Å². The van der Waals surface area contributed by atoms with Gasteiger partial charge in [-0.3, -0.25) is 19.1 Å². The van der Waals surface area contributed by atoms with Crippen molar-refractivity contribution < 1.29 is 9.90 Å². The maximum atomic E-state index is 11.2. The van der Waals surface area contributed by atoms with E-state index in [0.717, 1.165) is 4.57 Å². The van der Waals surface area contributed by atoms with Crippen LogP contribution < -0.4 is 11.2 Å². The second-order valence-electron chi connectivity index (χ2n) is 2.95. The molecule has 1 aromatic heterocycles. The van der Waals surface area contributed by atoms with Gasteiger partial charge in [-0.2, -0.15) is 0 Å². The molecule has 6 heteroatoms. The summed E-state index contributed by atoms with van der Waals surface area (Å²) in [5.41, 5.74) is -0.443. The lowest BCUT2D eigenvalue weighted by Gasteiger charge is -2.07. The summed E-state index contributed by atoms with van der Waals surface area (Å²) in [5, 5.41) is 8.52. The number of hydrogen-bond donors (Lipinski definition) is 2. The van der Waals surface area contributed by atoms with Gasteiger partial charge in [0, 0.05) is 11.3 Å². The number of carboxylic acid groups (broad SMARTS) is 1. The first-order chi connectivity index (χ1) is 6.43. The van der Waals surface area contributed by atoms with E-state index in [1.54, 1.807) is 0 Å². The fraction of sp³-hybridized carbons (Fsp3) is 0.375. The topological polar surface area (TPSA) is 92.2 Å². The number of nitrogens with one attached hydrogen (secondary N) is 1. The van der Waals surface area contributed by atoms with Gasteiger partial charge in [0.15, 0.2) is 0 Å². The molecular weight excluding hydrogens is 188 g/mol. The molecule has 14 heavy (non-hydrogen) atoms. The standard InChI is InChI=1S/C8H10N2O4/c1-4-5(2)10(3-6(11)12)8(14)9-7(4)13/h3H2,1-2H3,(H,11,12)(H,9,13,14). The third-order valence-electron chi connectivity index (χ3n) is 2.05. The fourth-order valence-corrected chi connectivity index (χ4v) is 1.10. The van der Waals surface area contributed by atoms with Crippen LogP contribution in [0.25, 0.3) is 0 Å². The van der Waals surface area contributed by atoms with Crippen molar-refractivity contribution in [1.29, 1.82) is 0 Å². The summed E-state index contributed by atoms with van der Waals surface area (Å²) >= 11 is 0. The van der Waals surface area contributed by atoms with Crippen molar-refractivity contribution in [1.82, 2.24) is 9.55 Å². The van der Waals surface area contributed by atoms with Gasteiger partial charge in [-0.1, -0.05) is 0 Å². The van der Waals surface area contributed by atoms with Crippen LogP contribution in [0, 0.1) is 13.8 Å². The molecule has 0 radical (unpaired) electrons. The SMILES string of the molecule is Cc1c(C)n(CC(=O)O)c(=O)[nH]c1=O. The van der Waals surface area contributed by atoms with Crippen LogP contribution in [-0.2, 0) is 11.3 Å². The minimum atomic E-state index is -1.12. The van der Waals surface area contributed by atoms with Crippen molar-refractivity contribution in [2.24, 2.45) is 0 Å². The van der Waals surface area contributed by atoms with Crippen molar-refractivity contribution in [2.75, 3.05) is 0 Å². The monoisotopic (exact) mass is 198 g/mol. The number of hydrogen-bond acceptors (Lipinski definition) is 3. The summed E-state index contributed by atoms with van der Waals surface area (Å²) in [7, 11) is 0. The maximum Gasteiger partial charge on any atom is 0.329 e. The second kappa shape index (κ2) is 3.49. The summed E-state index contributed by atoms with van der Waals surface area (Å²) in [5.74, 6) is -1.12. The molecule has 0 aliphatic rings. The Morgan fingerprint density at radius 2 is 2.00 bits per heavy atom. The third-order valence-corrected chi connectivity index (χ3v) is 2.05. The largest absolute Gasteiger partial charge is 0.480 e. The molecule has 1 rings (SSSR count). The Balaban J connectivity index is 3.44. The van der Waals surface area contributed by atoms with E-state index in [2.05, 4.69) is 0 Å². The molecule has 0 unspecified atom stereocenters. The average molecular weight is 198 g/mol. The minimum Gasteiger partial charge on any atom is -0.480 e. The van der Waals surface area contributed by atoms with Gasteiger partial charge < -0.3 is 5.11 Å². The third kappa shape index (κ3) is 1.73. The lowest BCUT2D eigenvalue weighted by Crippen LogP contribution is -2.35. The van der Waals surface area contributed by atoms with Gasteiger partial charge in [0.2, 0.25) is 0 Å². The molecule has 0 aromatic carbocycles. The molecule has 1 heterocycles. The van der Waals surface area contributed by atoms with Gasteiger partial charge in [-0.05, 0) is 13.8 Å². The number of H-pyrrole nitrogens is 1. The van der Waals surface area contributed by atoms with Crippen LogP contribution in [0.2, 0.25) is 0 Å². The molecule has 1 aromatic rings. The average Bonchev–Trinajstić information content (AvgIpc) is 2.09. The van der Waals surface area contributed by atoms with Crippen molar-refractivity contribution in [2.45, 2.75) is 20.4 Å². The molecule has 0 bridgehead atoms. The zero-order chi connectivity index (χ0) is 10.9. The molecule has 0 atom stereocenters. The smallest absolute Gasteiger partial charge is 0.329 e. The number of carboxylic acids is 1. The zero-order valence-electron chi connectivity index (χ0n) is 7.83. The van der Waals surface area contributed by atoms with E-state index in [1.807, 2.05) is 4.98 Å². The Morgan fingerprint density at radius 3 is 2.50 bits per heavy atom. The van der Waals surface area contributed by atoms with E-state index in [-0.39, 0.29) is 0 Å². The van der Waals surface area contributed by atoms with Crippen LogP contribution in [0.3, 0.4) is 0 Å². The maximum absolute atomic E-state index is 11.2. The molecule has 6 nitrogen and oxygen atoms in total. The van der Waals surface area contributed by atoms with Crippen LogP contribution in [0.15, 0.2) is 9.59 Å². The lowest BCUT2D eigenvalue weighted by molar-refractivity contribution is -0.137. The van der Waals surface area contributed by atoms with Gasteiger partial charge in [0.1, 0.15) is 6.54 Å². The van der Waals surface area contributed by atoms with Crippen LogP contribution >= 0.6 is 0 Å². The highest BCUT2D eigenvalue weighted by molar-refractivity contribution is 5.66. The molecule has 0 fully saturated rings. The van der Waals surface area contributed by atoms with E-state index in [0.29, 0.717) is 11.3 Å². The number of rotatable bonds is 2. The van der Waals surface area contributed by atoms with E-state index in [4.69, 9.17) is 5.11 Å². The van der Waals surface area contributed by atoms with Crippen LogP contribution in [0.1, 0.15) is 11.3 Å². The quantitative estimate of drug-likeness (QED) is 0.653. The summed E-state index contributed by atoms with van der Waals surface area (Å²) in [6.45, 7) is 2.63. The molecule has 0 aliphatic heterocycles. The van der Waals surface area contributed by atoms with Crippen LogP contribution in [0.5, 0.6) is 0 Å². The number of aliphatic carboxylic acids is 1. The predicted molar refractivity (Wildman–Crippen MR) is 48.4 cm³/mol. The molecule has 0 saturated carbocycles. The van der Waals surface area contributed by atoms with Crippen molar-refractivity contribution in [3.63, 3.8) is 0 Å². The minimum absolute atomic E-state index is 0.353. The summed E-state index contributed by atoms with van der Waals surface area (Å²) in [6.07, 6.45) is 0. The number of aromatic amines is 1. The van der Waals surface area contributed by atoms with E-state index in [1.165, 1.54) is 13.8 Å². The summed E-state index contributed by atoms with van der Waals surface area (Å²) < 4.78 is 1.01. The number of nitrogens with zero attached hydrogens (tertiary/aromatic N) is 1. The van der Waals surface area contributed by atoms with Gasteiger partial charge in [0.25, 0.3) is 5.56 Å². The van der Waals surface area contributed by atoms with Gasteiger partial charge >= 0.3 is 11.7 Å². The summed E-state index contributed by atoms with van der Waals surface area (Å²) in [4.78, 5) is 34.7. The first-order valence-corrected chi connectivity index (χ1v) is 3.95. The Bertz CT molecular complexity index is 483. The first kappa shape index (κ1) is 10.2. The molecule has 0 spiro atoms. The predicted octanol–water partition coefficient (Wildman–Crippen LogP) is -0.762. The number of aromatic nitrogens is 2.